The highest BCUT2D eigenvalue weighted by Gasteiger charge is 2.23. The Morgan fingerprint density at radius 2 is 1.65 bits per heavy atom. The van der Waals surface area contributed by atoms with E-state index in [0.717, 1.165) is 11.1 Å². The fourth-order valence-corrected chi connectivity index (χ4v) is 3.98. The molecule has 0 N–H and O–H groups in total. The number of aliphatic imine (C=N–C) groups is 1. The first-order valence-electron chi connectivity index (χ1n) is 11.2. The standard InChI is InChI=1S/C29H19N3O5/c1-35-25-14-12-21(32(33)34)16-23(25)26-15-13-22(36-26)18-31-29-24(17-30)27(19-8-4-2-5-9-19)28(37-29)20-10-6-3-7-11-20/h2-16,18H,1H3. The molecule has 2 aromatic heterocycles. The maximum Gasteiger partial charge on any atom is 0.270 e. The number of hydrogen-bond donors (Lipinski definition) is 0. The fourth-order valence-electron chi connectivity index (χ4n) is 3.98. The van der Waals surface area contributed by atoms with Crippen molar-refractivity contribution in [2.45, 2.75) is 0 Å². The SMILES string of the molecule is COc1ccc([N+](=O)[O-])cc1-c1ccc(C=Nc2oc(-c3ccccc3)c(-c3ccccc3)c2C#N)o1. The molecule has 180 valence electrons. The van der Waals surface area contributed by atoms with E-state index < -0.39 is 4.92 Å². The molecule has 5 rings (SSSR count). The number of non-ortho nitro benzene ring substituents is 1. The first kappa shape index (κ1) is 23.3. The topological polar surface area (TPSA) is 115 Å². The Kier molecular flexibility index (Phi) is 6.34. The Hall–Kier alpha value is -5.42. The number of nitrogens with zero attached hydrogens (tertiary/aromatic N) is 3. The van der Waals surface area contributed by atoms with Crippen LogP contribution in [0.3, 0.4) is 0 Å². The van der Waals surface area contributed by atoms with Crippen molar-refractivity contribution in [2.24, 2.45) is 4.99 Å². The van der Waals surface area contributed by atoms with Gasteiger partial charge in [0.25, 0.3) is 5.69 Å². The van der Waals surface area contributed by atoms with Crippen LogP contribution in [0.2, 0.25) is 0 Å². The number of nitro groups is 1. The third-order valence-corrected chi connectivity index (χ3v) is 5.70. The smallest absolute Gasteiger partial charge is 0.270 e. The van der Waals surface area contributed by atoms with Gasteiger partial charge in [0.1, 0.15) is 34.7 Å². The van der Waals surface area contributed by atoms with E-state index in [4.69, 9.17) is 13.6 Å². The molecule has 8 nitrogen and oxygen atoms in total. The van der Waals surface area contributed by atoms with Crippen LogP contribution >= 0.6 is 0 Å². The molecule has 0 unspecified atom stereocenters. The molecule has 0 bridgehead atoms. The van der Waals surface area contributed by atoms with Crippen LogP contribution in [0, 0.1) is 21.4 Å². The van der Waals surface area contributed by atoms with Crippen LogP contribution in [0.25, 0.3) is 33.8 Å². The molecule has 0 saturated heterocycles. The van der Waals surface area contributed by atoms with E-state index in [0.29, 0.717) is 39.7 Å². The van der Waals surface area contributed by atoms with Gasteiger partial charge in [-0.3, -0.25) is 10.1 Å². The van der Waals surface area contributed by atoms with Crippen molar-refractivity contribution < 1.29 is 18.5 Å². The number of hydrogen-bond acceptors (Lipinski definition) is 7. The van der Waals surface area contributed by atoms with Crippen molar-refractivity contribution in [3.8, 4) is 45.6 Å². The summed E-state index contributed by atoms with van der Waals surface area (Å²) in [6, 6.07) is 28.9. The maximum atomic E-state index is 11.2. The predicted molar refractivity (Wildman–Crippen MR) is 139 cm³/mol. The molecule has 0 aliphatic heterocycles. The Bertz CT molecular complexity index is 1640. The normalized spacial score (nSPS) is 10.9. The van der Waals surface area contributed by atoms with Crippen molar-refractivity contribution in [2.75, 3.05) is 7.11 Å². The molecule has 5 aromatic rings. The van der Waals surface area contributed by atoms with E-state index in [2.05, 4.69) is 11.1 Å². The highest BCUT2D eigenvalue weighted by atomic mass is 16.6. The van der Waals surface area contributed by atoms with Gasteiger partial charge in [-0.2, -0.15) is 5.26 Å². The second-order valence-electron chi connectivity index (χ2n) is 7.93. The summed E-state index contributed by atoms with van der Waals surface area (Å²) in [5, 5.41) is 21.2. The second kappa shape index (κ2) is 10.1. The number of rotatable bonds is 7. The monoisotopic (exact) mass is 489 g/mol. The van der Waals surface area contributed by atoms with Gasteiger partial charge in [-0.25, -0.2) is 4.99 Å². The molecular weight excluding hydrogens is 470 g/mol. The Balaban J connectivity index is 1.55. The number of ether oxygens (including phenoxy) is 1. The van der Waals surface area contributed by atoms with Gasteiger partial charge < -0.3 is 13.6 Å². The van der Waals surface area contributed by atoms with Gasteiger partial charge in [0.05, 0.1) is 23.8 Å². The van der Waals surface area contributed by atoms with Crippen molar-refractivity contribution in [1.29, 1.82) is 5.26 Å². The van der Waals surface area contributed by atoms with Crippen LogP contribution in [0.5, 0.6) is 5.75 Å². The van der Waals surface area contributed by atoms with Crippen molar-refractivity contribution >= 4 is 17.8 Å². The van der Waals surface area contributed by atoms with E-state index in [1.807, 2.05) is 60.7 Å². The second-order valence-corrected chi connectivity index (χ2v) is 7.93. The van der Waals surface area contributed by atoms with E-state index in [1.165, 1.54) is 31.5 Å². The van der Waals surface area contributed by atoms with Gasteiger partial charge in [0.15, 0.2) is 0 Å². The first-order chi connectivity index (χ1) is 18.1. The van der Waals surface area contributed by atoms with E-state index in [-0.39, 0.29) is 11.6 Å². The molecule has 0 atom stereocenters. The molecule has 0 spiro atoms. The largest absolute Gasteiger partial charge is 0.496 e. The van der Waals surface area contributed by atoms with Crippen molar-refractivity contribution in [3.63, 3.8) is 0 Å². The highest BCUT2D eigenvalue weighted by molar-refractivity contribution is 5.89. The quantitative estimate of drug-likeness (QED) is 0.133. The van der Waals surface area contributed by atoms with Crippen molar-refractivity contribution in [1.82, 2.24) is 0 Å². The molecule has 8 heteroatoms. The summed E-state index contributed by atoms with van der Waals surface area (Å²) in [5.74, 6) is 1.85. The molecular formula is C29H19N3O5. The van der Waals surface area contributed by atoms with Crippen LogP contribution in [-0.2, 0) is 0 Å². The van der Waals surface area contributed by atoms with Gasteiger partial charge >= 0.3 is 0 Å². The zero-order valence-electron chi connectivity index (χ0n) is 19.6. The molecule has 3 aromatic carbocycles. The lowest BCUT2D eigenvalue weighted by Crippen LogP contribution is -1.91. The van der Waals surface area contributed by atoms with E-state index in [1.54, 1.807) is 12.1 Å². The maximum absolute atomic E-state index is 11.2. The molecule has 0 radical (unpaired) electrons. The third kappa shape index (κ3) is 4.61. The lowest BCUT2D eigenvalue weighted by atomic mass is 9.98. The van der Waals surface area contributed by atoms with Gasteiger partial charge in [-0.1, -0.05) is 60.7 Å². The minimum atomic E-state index is -0.483. The van der Waals surface area contributed by atoms with E-state index >= 15 is 0 Å². The number of benzene rings is 3. The summed E-state index contributed by atoms with van der Waals surface area (Å²) >= 11 is 0. The van der Waals surface area contributed by atoms with Gasteiger partial charge in [-0.05, 0) is 23.8 Å². The van der Waals surface area contributed by atoms with E-state index in [9.17, 15) is 15.4 Å². The van der Waals surface area contributed by atoms with Gasteiger partial charge in [0, 0.05) is 23.3 Å². The summed E-state index contributed by atoms with van der Waals surface area (Å²) < 4.78 is 17.3. The summed E-state index contributed by atoms with van der Waals surface area (Å²) in [6.45, 7) is 0. The Morgan fingerprint density at radius 3 is 2.30 bits per heavy atom. The summed E-state index contributed by atoms with van der Waals surface area (Å²) in [4.78, 5) is 15.2. The average Bonchev–Trinajstić information content (AvgIpc) is 3.57. The molecule has 0 aliphatic carbocycles. The number of nitriles is 1. The Labute approximate surface area is 211 Å². The lowest BCUT2D eigenvalue weighted by molar-refractivity contribution is -0.384. The minimum absolute atomic E-state index is 0.0847. The lowest BCUT2D eigenvalue weighted by Gasteiger charge is -2.05. The Morgan fingerprint density at radius 1 is 0.946 bits per heavy atom. The number of methoxy groups -OCH3 is 1. The van der Waals surface area contributed by atoms with Gasteiger partial charge in [-0.15, -0.1) is 0 Å². The summed E-state index contributed by atoms with van der Waals surface area (Å²) in [7, 11) is 1.48. The van der Waals surface area contributed by atoms with Crippen LogP contribution in [-0.4, -0.2) is 18.2 Å². The fraction of sp³-hybridized carbons (Fsp3) is 0.0345. The molecule has 0 aliphatic rings. The first-order valence-corrected chi connectivity index (χ1v) is 11.2. The molecule has 0 saturated carbocycles. The highest BCUT2D eigenvalue weighted by Crippen LogP contribution is 2.42. The van der Waals surface area contributed by atoms with Gasteiger partial charge in [0.2, 0.25) is 5.88 Å². The summed E-state index contributed by atoms with van der Waals surface area (Å²) in [5.41, 5.74) is 2.96. The third-order valence-electron chi connectivity index (χ3n) is 5.70. The molecule has 0 fully saturated rings. The predicted octanol–water partition coefficient (Wildman–Crippen LogP) is 7.41. The van der Waals surface area contributed by atoms with Crippen LogP contribution in [0.4, 0.5) is 11.6 Å². The molecule has 0 amide bonds. The average molecular weight is 489 g/mol. The molecule has 2 heterocycles. The van der Waals surface area contributed by atoms with Crippen LogP contribution in [0.1, 0.15) is 11.3 Å². The zero-order valence-corrected chi connectivity index (χ0v) is 19.6. The molecule has 37 heavy (non-hydrogen) atoms. The number of nitro benzene ring substituents is 1. The van der Waals surface area contributed by atoms with Crippen LogP contribution in [0.15, 0.2) is 105 Å². The minimum Gasteiger partial charge on any atom is -0.496 e. The van der Waals surface area contributed by atoms with Crippen molar-refractivity contribution in [3.05, 3.63) is 112 Å². The number of furan rings is 2. The summed E-state index contributed by atoms with van der Waals surface area (Å²) in [6.07, 6.45) is 1.44. The zero-order chi connectivity index (χ0) is 25.8. The van der Waals surface area contributed by atoms with Crippen LogP contribution < -0.4 is 4.74 Å².